The fraction of sp³-hybridized carbons (Fsp3) is 0. The number of hydrogen-bond donors (Lipinski definition) is 2. The number of phenolic OH excluding ortho intramolecular Hbond substituents is 2. The largest absolute Gasteiger partial charge is 0.507 e. The third-order valence-corrected chi connectivity index (χ3v) is 5.14. The molecule has 0 aliphatic carbocycles. The molecule has 0 aliphatic rings. The molecule has 0 aromatic heterocycles. The van der Waals surface area contributed by atoms with Crippen LogP contribution in [0.5, 0.6) is 11.5 Å². The zero-order valence-corrected chi connectivity index (χ0v) is 15.8. The molecular weight excluding hydrogens is 368 g/mol. The zero-order valence-electron chi connectivity index (χ0n) is 15.8. The quantitative estimate of drug-likeness (QED) is 0.455. The summed E-state index contributed by atoms with van der Waals surface area (Å²) in [6, 6.07) is 13.7. The number of phenols is 2. The molecule has 2 nitrogen and oxygen atoms in total. The van der Waals surface area contributed by atoms with E-state index in [2.05, 4.69) is 23.7 Å². The lowest BCUT2D eigenvalue weighted by molar-refractivity contribution is 0.470. The Bertz CT molecular complexity index is 1420. The molecule has 4 rings (SSSR count). The normalized spacial score (nSPS) is 10.1. The van der Waals surface area contributed by atoms with Crippen LogP contribution in [0.4, 0.5) is 0 Å². The summed E-state index contributed by atoms with van der Waals surface area (Å²) in [6.07, 6.45) is 22.4. The molecule has 0 radical (unpaired) electrons. The van der Waals surface area contributed by atoms with E-state index in [4.69, 9.17) is 25.7 Å². The number of benzene rings is 4. The summed E-state index contributed by atoms with van der Waals surface area (Å²) in [5.41, 5.74) is 3.08. The van der Waals surface area contributed by atoms with Crippen LogP contribution >= 0.6 is 0 Å². The fourth-order valence-corrected chi connectivity index (χ4v) is 3.72. The minimum atomic E-state index is -0.00925. The van der Waals surface area contributed by atoms with E-state index < -0.39 is 0 Å². The van der Waals surface area contributed by atoms with Crippen molar-refractivity contribution in [2.24, 2.45) is 0 Å². The maximum atomic E-state index is 10.8. The minimum Gasteiger partial charge on any atom is -0.507 e. The molecule has 0 fully saturated rings. The van der Waals surface area contributed by atoms with Crippen LogP contribution in [0.3, 0.4) is 0 Å². The van der Waals surface area contributed by atoms with Gasteiger partial charge in [0.05, 0.1) is 0 Å². The van der Waals surface area contributed by atoms with Gasteiger partial charge in [-0.2, -0.15) is 0 Å². The summed E-state index contributed by atoms with van der Waals surface area (Å²) in [7, 11) is 0. The predicted molar refractivity (Wildman–Crippen MR) is 122 cm³/mol. The average molecular weight is 382 g/mol. The molecule has 4 aromatic carbocycles. The molecule has 0 spiro atoms. The van der Waals surface area contributed by atoms with Crippen LogP contribution in [0.15, 0.2) is 48.5 Å². The van der Waals surface area contributed by atoms with Crippen LogP contribution < -0.4 is 0 Å². The number of fused-ring (bicyclic) bond motifs is 2. The lowest BCUT2D eigenvalue weighted by Crippen LogP contribution is -1.92. The number of rotatable bonds is 1. The van der Waals surface area contributed by atoms with Crippen molar-refractivity contribution in [3.8, 4) is 72.0 Å². The van der Waals surface area contributed by atoms with Gasteiger partial charge in [0.2, 0.25) is 0 Å². The molecule has 0 saturated heterocycles. The van der Waals surface area contributed by atoms with Gasteiger partial charge < -0.3 is 10.2 Å². The first-order chi connectivity index (χ1) is 14.5. The molecule has 30 heavy (non-hydrogen) atoms. The van der Waals surface area contributed by atoms with Crippen LogP contribution in [0.25, 0.3) is 32.7 Å². The highest BCUT2D eigenvalue weighted by molar-refractivity contribution is 6.10. The second-order valence-electron chi connectivity index (χ2n) is 6.73. The van der Waals surface area contributed by atoms with Crippen molar-refractivity contribution in [2.45, 2.75) is 0 Å². The number of aromatic hydroxyl groups is 2. The van der Waals surface area contributed by atoms with Gasteiger partial charge in [-0.15, -0.1) is 25.7 Å². The van der Waals surface area contributed by atoms with E-state index in [1.807, 2.05) is 0 Å². The van der Waals surface area contributed by atoms with Crippen molar-refractivity contribution < 1.29 is 10.2 Å². The molecule has 0 saturated carbocycles. The number of hydrogen-bond acceptors (Lipinski definition) is 2. The zero-order chi connectivity index (χ0) is 21.4. The first-order valence-corrected chi connectivity index (χ1v) is 8.98. The SMILES string of the molecule is C#Cc1cc2ccc(O)c(-c3c(O)ccc4cc(C#C)c(C#C)cc34)c2cc1C#C. The minimum absolute atomic E-state index is 0.00925. The van der Waals surface area contributed by atoms with E-state index in [0.717, 1.165) is 10.8 Å². The summed E-state index contributed by atoms with van der Waals surface area (Å²) in [5.74, 6) is 10.3. The predicted octanol–water partition coefficient (Wildman–Crippen LogP) is 5.00. The van der Waals surface area contributed by atoms with E-state index in [-0.39, 0.29) is 11.5 Å². The molecule has 2 heteroatoms. The lowest BCUT2D eigenvalue weighted by atomic mass is 9.89. The summed E-state index contributed by atoms with van der Waals surface area (Å²) >= 11 is 0. The Labute approximate surface area is 174 Å². The Kier molecular flexibility index (Phi) is 4.34. The van der Waals surface area contributed by atoms with Crippen LogP contribution in [0.1, 0.15) is 22.3 Å². The average Bonchev–Trinajstić information content (AvgIpc) is 2.77. The third kappa shape index (κ3) is 2.70. The van der Waals surface area contributed by atoms with Gasteiger partial charge in [0.25, 0.3) is 0 Å². The van der Waals surface area contributed by atoms with Gasteiger partial charge in [-0.25, -0.2) is 0 Å². The third-order valence-electron chi connectivity index (χ3n) is 5.14. The molecule has 0 bridgehead atoms. The van der Waals surface area contributed by atoms with Crippen molar-refractivity contribution in [3.63, 3.8) is 0 Å². The summed E-state index contributed by atoms with van der Waals surface area (Å²) in [4.78, 5) is 0. The highest BCUT2D eigenvalue weighted by atomic mass is 16.3. The van der Waals surface area contributed by atoms with Crippen molar-refractivity contribution in [3.05, 3.63) is 70.8 Å². The topological polar surface area (TPSA) is 40.5 Å². The van der Waals surface area contributed by atoms with E-state index in [0.29, 0.717) is 44.2 Å². The molecule has 138 valence electrons. The molecule has 2 N–H and O–H groups in total. The highest BCUT2D eigenvalue weighted by Gasteiger charge is 2.18. The Hall–Kier alpha value is -4.76. The Morgan fingerprint density at radius 2 is 0.833 bits per heavy atom. The molecule has 0 atom stereocenters. The van der Waals surface area contributed by atoms with E-state index in [1.165, 1.54) is 0 Å². The highest BCUT2D eigenvalue weighted by Crippen LogP contribution is 2.45. The van der Waals surface area contributed by atoms with Crippen molar-refractivity contribution >= 4 is 21.5 Å². The molecule has 0 aliphatic heterocycles. The van der Waals surface area contributed by atoms with Gasteiger partial charge in [0.1, 0.15) is 11.5 Å². The first kappa shape index (κ1) is 18.6. The van der Waals surface area contributed by atoms with Gasteiger partial charge in [0, 0.05) is 33.4 Å². The second-order valence-corrected chi connectivity index (χ2v) is 6.73. The van der Waals surface area contributed by atoms with Crippen molar-refractivity contribution in [1.29, 1.82) is 0 Å². The van der Waals surface area contributed by atoms with Crippen LogP contribution in [-0.4, -0.2) is 10.2 Å². The number of terminal acetylenes is 4. The standard InChI is InChI=1S/C28H14O2/c1-5-17-13-21-9-11-25(29)27(23(21)15-19(17)7-3)28-24-16-20(8-4)18(6-2)14-22(24)10-12-26(28)30/h1-4,9-16,29-30H. The lowest BCUT2D eigenvalue weighted by Gasteiger charge is -2.15. The van der Waals surface area contributed by atoms with Crippen LogP contribution in [0, 0.1) is 49.4 Å². The Morgan fingerprint density at radius 3 is 1.17 bits per heavy atom. The smallest absolute Gasteiger partial charge is 0.124 e. The molecule has 0 heterocycles. The second kappa shape index (κ2) is 7.00. The van der Waals surface area contributed by atoms with Gasteiger partial charge in [-0.05, 0) is 57.9 Å². The molecule has 0 unspecified atom stereocenters. The van der Waals surface area contributed by atoms with Crippen LogP contribution in [-0.2, 0) is 0 Å². The summed E-state index contributed by atoms with van der Waals surface area (Å²) < 4.78 is 0. The maximum absolute atomic E-state index is 10.8. The van der Waals surface area contributed by atoms with Crippen LogP contribution in [0.2, 0.25) is 0 Å². The van der Waals surface area contributed by atoms with Crippen molar-refractivity contribution in [2.75, 3.05) is 0 Å². The van der Waals surface area contributed by atoms with Gasteiger partial charge in [0.15, 0.2) is 0 Å². The molecular formula is C28H14O2. The van der Waals surface area contributed by atoms with Crippen molar-refractivity contribution in [1.82, 2.24) is 0 Å². The van der Waals surface area contributed by atoms with Gasteiger partial charge >= 0.3 is 0 Å². The van der Waals surface area contributed by atoms with E-state index in [1.54, 1.807) is 48.5 Å². The molecule has 0 amide bonds. The maximum Gasteiger partial charge on any atom is 0.124 e. The summed E-state index contributed by atoms with van der Waals surface area (Å²) in [5, 5.41) is 24.5. The first-order valence-electron chi connectivity index (χ1n) is 8.98. The van der Waals surface area contributed by atoms with E-state index in [9.17, 15) is 10.2 Å². The Morgan fingerprint density at radius 1 is 0.500 bits per heavy atom. The Balaban J connectivity index is 2.21. The monoisotopic (exact) mass is 382 g/mol. The van der Waals surface area contributed by atoms with Gasteiger partial charge in [-0.3, -0.25) is 0 Å². The van der Waals surface area contributed by atoms with Gasteiger partial charge in [-0.1, -0.05) is 35.8 Å². The molecule has 4 aromatic rings. The fourth-order valence-electron chi connectivity index (χ4n) is 3.72. The summed E-state index contributed by atoms with van der Waals surface area (Å²) in [6.45, 7) is 0. The van der Waals surface area contributed by atoms with E-state index >= 15 is 0 Å².